The van der Waals surface area contributed by atoms with Gasteiger partial charge >= 0.3 is 0 Å². The highest BCUT2D eigenvalue weighted by Crippen LogP contribution is 2.45. The number of aryl methyl sites for hydroxylation is 1. The third-order valence-electron chi connectivity index (χ3n) is 4.18. The normalized spacial score (nSPS) is 21.8. The summed E-state index contributed by atoms with van der Waals surface area (Å²) in [5, 5.41) is 0. The van der Waals surface area contributed by atoms with Crippen molar-refractivity contribution in [3.05, 3.63) is 54.0 Å². The van der Waals surface area contributed by atoms with Crippen LogP contribution < -0.4 is 4.90 Å². The van der Waals surface area contributed by atoms with Gasteiger partial charge in [0, 0.05) is 12.7 Å². The van der Waals surface area contributed by atoms with Crippen molar-refractivity contribution in [1.82, 2.24) is 4.90 Å². The van der Waals surface area contributed by atoms with Gasteiger partial charge in [0.15, 0.2) is 6.10 Å². The summed E-state index contributed by atoms with van der Waals surface area (Å²) in [5.74, 6) is 0.771. The summed E-state index contributed by atoms with van der Waals surface area (Å²) in [6.45, 7) is 2.04. The Bertz CT molecular complexity index is 670. The molecule has 0 saturated carbocycles. The molecule has 0 spiro atoms. The fourth-order valence-corrected chi connectivity index (χ4v) is 3.76. The molecule has 0 amide bonds. The van der Waals surface area contributed by atoms with Crippen LogP contribution in [0.3, 0.4) is 0 Å². The van der Waals surface area contributed by atoms with Gasteiger partial charge in [0.2, 0.25) is 3.79 Å². The van der Waals surface area contributed by atoms with Gasteiger partial charge < -0.3 is 14.1 Å². The maximum atomic E-state index is 6.28. The van der Waals surface area contributed by atoms with Gasteiger partial charge in [-0.3, -0.25) is 4.90 Å². The fraction of sp³-hybridized carbons (Fsp3) is 0.412. The Morgan fingerprint density at radius 3 is 2.29 bits per heavy atom. The highest BCUT2D eigenvalue weighted by atomic mass is 35.6. The fourth-order valence-electron chi connectivity index (χ4n) is 2.86. The van der Waals surface area contributed by atoms with Crippen LogP contribution >= 0.6 is 34.8 Å². The second-order valence-corrected chi connectivity index (χ2v) is 8.36. The third kappa shape index (κ3) is 3.68. The van der Waals surface area contributed by atoms with Gasteiger partial charge in [0.25, 0.3) is 0 Å². The van der Waals surface area contributed by atoms with Crippen molar-refractivity contribution in [2.45, 2.75) is 29.2 Å². The van der Waals surface area contributed by atoms with Crippen LogP contribution in [0.25, 0.3) is 0 Å². The van der Waals surface area contributed by atoms with Crippen molar-refractivity contribution in [3.63, 3.8) is 0 Å². The van der Waals surface area contributed by atoms with Gasteiger partial charge in [-0.1, -0.05) is 52.5 Å². The zero-order chi connectivity index (χ0) is 17.5. The number of epoxide rings is 1. The number of hydrogen-bond donors (Lipinski definition) is 0. The lowest BCUT2D eigenvalue weighted by Gasteiger charge is -2.40. The molecule has 7 heteroatoms. The second kappa shape index (κ2) is 6.77. The van der Waals surface area contributed by atoms with Crippen LogP contribution in [-0.2, 0) is 4.74 Å². The van der Waals surface area contributed by atoms with Crippen LogP contribution in [0.1, 0.15) is 17.4 Å². The summed E-state index contributed by atoms with van der Waals surface area (Å²) in [6, 6.07) is 11.8. The number of rotatable bonds is 5. The lowest BCUT2D eigenvalue weighted by molar-refractivity contribution is 0.156. The Hall–Kier alpha value is -0.910. The molecule has 0 bridgehead atoms. The summed E-state index contributed by atoms with van der Waals surface area (Å²) in [4.78, 5) is 3.85. The predicted octanol–water partition coefficient (Wildman–Crippen LogP) is 4.75. The minimum atomic E-state index is -1.52. The SMILES string of the molecule is Cc1ccc(N(C)C(N(C)C2OC2c2ccco2)C(Cl)(Cl)Cl)cc1. The average Bonchev–Trinajstić information content (AvgIpc) is 3.12. The quantitative estimate of drug-likeness (QED) is 0.419. The van der Waals surface area contributed by atoms with E-state index in [2.05, 4.69) is 0 Å². The van der Waals surface area contributed by atoms with E-state index in [1.165, 1.54) is 5.56 Å². The molecule has 3 rings (SSSR count). The van der Waals surface area contributed by atoms with Gasteiger partial charge in [0.05, 0.1) is 6.26 Å². The Morgan fingerprint density at radius 1 is 1.08 bits per heavy atom. The smallest absolute Gasteiger partial charge is 0.223 e. The number of benzene rings is 1. The van der Waals surface area contributed by atoms with E-state index in [-0.39, 0.29) is 12.3 Å². The Morgan fingerprint density at radius 2 is 1.75 bits per heavy atom. The largest absolute Gasteiger partial charge is 0.466 e. The molecule has 1 aliphatic rings. The van der Waals surface area contributed by atoms with E-state index < -0.39 is 9.96 Å². The standard InChI is InChI=1S/C17H19Cl3N2O2/c1-11-6-8-12(9-7-11)21(2)16(17(18,19)20)22(3)15-14(24-15)13-5-4-10-23-13/h4-10,14-16H,1-3H3. The lowest BCUT2D eigenvalue weighted by Crippen LogP contribution is -2.54. The molecule has 0 aliphatic carbocycles. The molecule has 1 aromatic heterocycles. The van der Waals surface area contributed by atoms with E-state index in [0.29, 0.717) is 0 Å². The first-order valence-electron chi connectivity index (χ1n) is 7.56. The first kappa shape index (κ1) is 17.9. The van der Waals surface area contributed by atoms with Crippen LogP contribution in [0.4, 0.5) is 5.69 Å². The van der Waals surface area contributed by atoms with Crippen molar-refractivity contribution in [1.29, 1.82) is 0 Å². The number of likely N-dealkylation sites (N-methyl/N-ethyl adjacent to an activating group) is 1. The molecule has 3 unspecified atom stereocenters. The summed E-state index contributed by atoms with van der Waals surface area (Å²) in [6.07, 6.45) is 0.768. The molecule has 2 heterocycles. The summed E-state index contributed by atoms with van der Waals surface area (Å²) in [5.41, 5.74) is 2.13. The molecule has 2 aromatic rings. The highest BCUT2D eigenvalue weighted by Gasteiger charge is 2.52. The van der Waals surface area contributed by atoms with Crippen LogP contribution in [0.5, 0.6) is 0 Å². The first-order valence-corrected chi connectivity index (χ1v) is 8.69. The third-order valence-corrected chi connectivity index (χ3v) is 4.77. The van der Waals surface area contributed by atoms with Crippen LogP contribution in [0, 0.1) is 6.92 Å². The van der Waals surface area contributed by atoms with Crippen LogP contribution in [0.2, 0.25) is 0 Å². The van der Waals surface area contributed by atoms with E-state index in [9.17, 15) is 0 Å². The number of halogens is 3. The van der Waals surface area contributed by atoms with Crippen molar-refractivity contribution < 1.29 is 9.15 Å². The van der Waals surface area contributed by atoms with E-state index in [4.69, 9.17) is 44.0 Å². The summed E-state index contributed by atoms with van der Waals surface area (Å²) in [7, 11) is 3.78. The molecular weight excluding hydrogens is 371 g/mol. The topological polar surface area (TPSA) is 32.1 Å². The van der Waals surface area contributed by atoms with Crippen molar-refractivity contribution >= 4 is 40.5 Å². The maximum absolute atomic E-state index is 6.28. The average molecular weight is 390 g/mol. The first-order chi connectivity index (χ1) is 11.3. The Balaban J connectivity index is 1.80. The number of nitrogens with zero attached hydrogens (tertiary/aromatic N) is 2. The zero-order valence-corrected chi connectivity index (χ0v) is 15.9. The molecule has 3 atom stereocenters. The van der Waals surface area contributed by atoms with Gasteiger partial charge in [-0.15, -0.1) is 0 Å². The van der Waals surface area contributed by atoms with Crippen LogP contribution in [-0.4, -0.2) is 35.2 Å². The maximum Gasteiger partial charge on any atom is 0.223 e. The molecule has 24 heavy (non-hydrogen) atoms. The molecule has 130 valence electrons. The number of ether oxygens (including phenoxy) is 1. The number of hydrogen-bond acceptors (Lipinski definition) is 4. The molecule has 1 saturated heterocycles. The Kier molecular flexibility index (Phi) is 5.05. The molecule has 1 aliphatic heterocycles. The molecule has 1 fully saturated rings. The van der Waals surface area contributed by atoms with E-state index in [1.54, 1.807) is 6.26 Å². The molecule has 1 aromatic carbocycles. The predicted molar refractivity (Wildman–Crippen MR) is 97.7 cm³/mol. The highest BCUT2D eigenvalue weighted by molar-refractivity contribution is 6.68. The summed E-state index contributed by atoms with van der Waals surface area (Å²) >= 11 is 18.8. The van der Waals surface area contributed by atoms with Gasteiger partial charge in [-0.2, -0.15) is 0 Å². The van der Waals surface area contributed by atoms with Gasteiger partial charge in [-0.25, -0.2) is 0 Å². The van der Waals surface area contributed by atoms with E-state index >= 15 is 0 Å². The second-order valence-electron chi connectivity index (χ2n) is 5.99. The monoisotopic (exact) mass is 388 g/mol. The molecule has 0 N–H and O–H groups in total. The molecule has 0 radical (unpaired) electrons. The minimum Gasteiger partial charge on any atom is -0.466 e. The molecule has 4 nitrogen and oxygen atoms in total. The van der Waals surface area contributed by atoms with E-state index in [1.807, 2.05) is 67.2 Å². The molecular formula is C17H19Cl3N2O2. The minimum absolute atomic E-state index is 0.147. The van der Waals surface area contributed by atoms with E-state index in [0.717, 1.165) is 11.4 Å². The van der Waals surface area contributed by atoms with Crippen molar-refractivity contribution in [3.8, 4) is 0 Å². The zero-order valence-electron chi connectivity index (χ0n) is 13.6. The number of furan rings is 1. The Labute approximate surface area is 156 Å². The van der Waals surface area contributed by atoms with Crippen LogP contribution in [0.15, 0.2) is 47.1 Å². The number of anilines is 1. The van der Waals surface area contributed by atoms with Gasteiger partial charge in [-0.05, 0) is 38.2 Å². The van der Waals surface area contributed by atoms with Crippen molar-refractivity contribution in [2.75, 3.05) is 19.0 Å². The van der Waals surface area contributed by atoms with Gasteiger partial charge in [0.1, 0.15) is 18.2 Å². The van der Waals surface area contributed by atoms with Crippen molar-refractivity contribution in [2.24, 2.45) is 0 Å². The number of alkyl halides is 3. The summed E-state index contributed by atoms with van der Waals surface area (Å²) < 4.78 is 9.61. The lowest BCUT2D eigenvalue weighted by atomic mass is 10.2.